The number of sulfonamides is 1. The molecule has 15 heteroatoms. The second-order valence-electron chi connectivity index (χ2n) is 15.8. The molecular weight excluding hydrogens is 739 g/mol. The molecule has 56 heavy (non-hydrogen) atoms. The lowest BCUT2D eigenvalue weighted by atomic mass is 9.94. The number of hydrogen-bond donors (Lipinski definition) is 4. The molecule has 14 nitrogen and oxygen atoms in total. The van der Waals surface area contributed by atoms with E-state index in [1.165, 1.54) is 0 Å². The summed E-state index contributed by atoms with van der Waals surface area (Å²) in [7, 11) is -4.14. The van der Waals surface area contributed by atoms with E-state index in [0.717, 1.165) is 38.3 Å². The smallest absolute Gasteiger partial charge is 0.407 e. The third-order valence-corrected chi connectivity index (χ3v) is 12.6. The Bertz CT molecular complexity index is 2170. The van der Waals surface area contributed by atoms with Crippen LogP contribution in [0, 0.1) is 20.8 Å². The molecule has 1 fully saturated rings. The van der Waals surface area contributed by atoms with Gasteiger partial charge in [0.1, 0.15) is 29.7 Å². The number of amides is 2. The van der Waals surface area contributed by atoms with Crippen LogP contribution in [0.2, 0.25) is 0 Å². The van der Waals surface area contributed by atoms with Crippen LogP contribution in [0.3, 0.4) is 0 Å². The number of rotatable bonds is 11. The molecule has 3 aromatic carbocycles. The molecule has 5 N–H and O–H groups in total. The van der Waals surface area contributed by atoms with E-state index < -0.39 is 57.5 Å². The number of aliphatic carboxylic acids is 1. The lowest BCUT2D eigenvalue weighted by molar-refractivity contribution is -0.156. The highest BCUT2D eigenvalue weighted by Gasteiger charge is 2.53. The molecule has 2 heterocycles. The molecule has 3 aliphatic rings. The molecule has 2 aliphatic heterocycles. The van der Waals surface area contributed by atoms with E-state index in [0.29, 0.717) is 23.3 Å². The van der Waals surface area contributed by atoms with Crippen LogP contribution < -0.4 is 20.5 Å². The molecule has 1 aliphatic carbocycles. The number of guanidine groups is 1. The number of carboxylic acid groups (broad SMARTS) is 1. The Morgan fingerprint density at radius 3 is 2.21 bits per heavy atom. The number of carbonyl (C=O) groups excluding carboxylic acids is 2. The fraction of sp³-hybridized carbons (Fsp3) is 0.463. The maximum atomic E-state index is 14.2. The van der Waals surface area contributed by atoms with Gasteiger partial charge in [-0.3, -0.25) is 14.7 Å². The Kier molecular flexibility index (Phi) is 10.9. The number of aliphatic imine (C=N–C) groups is 1. The van der Waals surface area contributed by atoms with Gasteiger partial charge in [-0.2, -0.15) is 0 Å². The molecule has 3 atom stereocenters. The molecule has 300 valence electrons. The van der Waals surface area contributed by atoms with Crippen LogP contribution in [0.5, 0.6) is 5.75 Å². The van der Waals surface area contributed by atoms with Gasteiger partial charge in [-0.1, -0.05) is 48.5 Å². The maximum Gasteiger partial charge on any atom is 0.407 e. The third-order valence-electron chi connectivity index (χ3n) is 10.9. The summed E-state index contributed by atoms with van der Waals surface area (Å²) in [5, 5.41) is 12.7. The summed E-state index contributed by atoms with van der Waals surface area (Å²) in [6.45, 7) is 13.9. The summed E-state index contributed by atoms with van der Waals surface area (Å²) in [6.07, 6.45) is -0.966. The highest BCUT2D eigenvalue weighted by atomic mass is 32.2. The van der Waals surface area contributed by atoms with Gasteiger partial charge in [0.05, 0.1) is 11.0 Å². The zero-order chi connectivity index (χ0) is 40.9. The van der Waals surface area contributed by atoms with E-state index in [-0.39, 0.29) is 42.8 Å². The number of nitrogens with two attached hydrogens (primary N) is 1. The minimum Gasteiger partial charge on any atom is -0.487 e. The molecule has 6 rings (SSSR count). The van der Waals surface area contributed by atoms with Gasteiger partial charge in [0.15, 0.2) is 6.04 Å². The number of alkyl carbamates (subject to hydrolysis) is 1. The van der Waals surface area contributed by atoms with Crippen LogP contribution in [-0.2, 0) is 35.5 Å². The Balaban J connectivity index is 1.16. The normalized spacial score (nSPS) is 20.1. The van der Waals surface area contributed by atoms with E-state index in [4.69, 9.17) is 19.9 Å². The summed E-state index contributed by atoms with van der Waals surface area (Å²) in [5.74, 6) is -1.79. The number of hydrogen-bond acceptors (Lipinski definition) is 9. The number of nitrogens with one attached hydrogen (secondary N) is 2. The third kappa shape index (κ3) is 7.66. The van der Waals surface area contributed by atoms with Crippen molar-refractivity contribution in [2.24, 2.45) is 10.7 Å². The fourth-order valence-electron chi connectivity index (χ4n) is 8.41. The summed E-state index contributed by atoms with van der Waals surface area (Å²) in [6, 6.07) is 13.3. The average Bonchev–Trinajstić information content (AvgIpc) is 3.71. The van der Waals surface area contributed by atoms with Crippen molar-refractivity contribution >= 4 is 34.0 Å². The number of ether oxygens (including phenoxy) is 3. The van der Waals surface area contributed by atoms with Crippen molar-refractivity contribution in [2.45, 2.75) is 115 Å². The average molecular weight is 790 g/mol. The Morgan fingerprint density at radius 1 is 1.00 bits per heavy atom. The van der Waals surface area contributed by atoms with Gasteiger partial charge in [0.25, 0.3) is 10.0 Å². The van der Waals surface area contributed by atoms with Crippen LogP contribution in [0.4, 0.5) is 4.79 Å². The van der Waals surface area contributed by atoms with E-state index in [2.05, 4.69) is 15.0 Å². The molecule has 0 bridgehead atoms. The molecule has 0 saturated carbocycles. The van der Waals surface area contributed by atoms with E-state index in [1.807, 2.05) is 69.3 Å². The Labute approximate surface area is 327 Å². The first kappa shape index (κ1) is 40.5. The van der Waals surface area contributed by atoms with Gasteiger partial charge < -0.3 is 30.4 Å². The second-order valence-corrected chi connectivity index (χ2v) is 17.5. The van der Waals surface area contributed by atoms with Gasteiger partial charge in [-0.05, 0) is 107 Å². The number of nitrogens with zero attached hydrogens (tertiary/aromatic N) is 2. The number of carboxylic acids is 1. The van der Waals surface area contributed by atoms with Crippen molar-refractivity contribution in [1.29, 1.82) is 0 Å². The standard InChI is InChI=1S/C41H51N5O9S/c1-22-23(2)35(24(3)30-20-40(5,6)55-34(22)30)56(51,52)45-38(42)43-19-13-18-32(36(47)46-33(37(48)49)25(4)54-41(46,7)8)44-39(50)53-21-31-28-16-11-9-14-26(28)27-15-10-12-17-29(27)31/h9-12,14-17,25,31-33H,13,18-21H2,1-8H3,(H,44,50)(H,48,49)(H3,42,43,45)/t25-,32+,33+/m1/s1. The Hall–Kier alpha value is -5.15. The van der Waals surface area contributed by atoms with Crippen molar-refractivity contribution in [2.75, 3.05) is 13.2 Å². The second kappa shape index (κ2) is 15.1. The van der Waals surface area contributed by atoms with Gasteiger partial charge in [-0.15, -0.1) is 0 Å². The minimum absolute atomic E-state index is 0.00211. The zero-order valence-electron chi connectivity index (χ0n) is 33.1. The molecule has 2 amide bonds. The first-order chi connectivity index (χ1) is 26.2. The summed E-state index contributed by atoms with van der Waals surface area (Å²) < 4.78 is 47.5. The van der Waals surface area contributed by atoms with Crippen molar-refractivity contribution in [3.63, 3.8) is 0 Å². The number of benzene rings is 3. The molecule has 3 aromatic rings. The highest BCUT2D eigenvalue weighted by molar-refractivity contribution is 7.90. The maximum absolute atomic E-state index is 14.2. The first-order valence-corrected chi connectivity index (χ1v) is 20.2. The van der Waals surface area contributed by atoms with Gasteiger partial charge in [-0.25, -0.2) is 22.7 Å². The van der Waals surface area contributed by atoms with E-state index in [1.54, 1.807) is 34.6 Å². The van der Waals surface area contributed by atoms with Crippen LogP contribution in [0.25, 0.3) is 11.1 Å². The van der Waals surface area contributed by atoms with Crippen LogP contribution >= 0.6 is 0 Å². The first-order valence-electron chi connectivity index (χ1n) is 18.7. The SMILES string of the molecule is Cc1c(C)c(S(=O)(=O)NC(N)=NCCC[C@H](NC(=O)OCC2c3ccccc3-c3ccccc32)C(=O)N2[C@H](C(=O)O)[C@@H](C)OC2(C)C)c(C)c2c1OC(C)(C)C2. The number of fused-ring (bicyclic) bond motifs is 4. The van der Waals surface area contributed by atoms with E-state index >= 15 is 0 Å². The van der Waals surface area contributed by atoms with Crippen LogP contribution in [0.1, 0.15) is 86.8 Å². The van der Waals surface area contributed by atoms with Crippen molar-refractivity contribution < 1.29 is 42.1 Å². The fourth-order valence-corrected chi connectivity index (χ4v) is 9.93. The van der Waals surface area contributed by atoms with Crippen LogP contribution in [-0.4, -0.2) is 85.0 Å². The van der Waals surface area contributed by atoms with Crippen molar-refractivity contribution in [3.05, 3.63) is 81.9 Å². The topological polar surface area (TPSA) is 199 Å². The molecule has 0 radical (unpaired) electrons. The van der Waals surface area contributed by atoms with Gasteiger partial charge in [0, 0.05) is 24.4 Å². The lowest BCUT2D eigenvalue weighted by Gasteiger charge is -2.35. The molecule has 0 unspecified atom stereocenters. The zero-order valence-corrected chi connectivity index (χ0v) is 33.9. The Morgan fingerprint density at radius 2 is 1.61 bits per heavy atom. The highest BCUT2D eigenvalue weighted by Crippen LogP contribution is 2.45. The molecular formula is C41H51N5O9S. The predicted molar refractivity (Wildman–Crippen MR) is 210 cm³/mol. The number of carbonyl (C=O) groups is 3. The van der Waals surface area contributed by atoms with Crippen molar-refractivity contribution in [3.8, 4) is 16.9 Å². The lowest BCUT2D eigenvalue weighted by Crippen LogP contribution is -2.58. The van der Waals surface area contributed by atoms with Crippen molar-refractivity contribution in [1.82, 2.24) is 14.9 Å². The largest absolute Gasteiger partial charge is 0.487 e. The predicted octanol–water partition coefficient (Wildman–Crippen LogP) is 5.04. The summed E-state index contributed by atoms with van der Waals surface area (Å²) in [5.41, 5.74) is 11.2. The van der Waals surface area contributed by atoms with Gasteiger partial charge >= 0.3 is 12.1 Å². The quantitative estimate of drug-likeness (QED) is 0.116. The molecule has 1 saturated heterocycles. The monoisotopic (exact) mass is 789 g/mol. The summed E-state index contributed by atoms with van der Waals surface area (Å²) in [4.78, 5) is 45.4. The van der Waals surface area contributed by atoms with E-state index in [9.17, 15) is 27.9 Å². The van der Waals surface area contributed by atoms with Crippen LogP contribution in [0.15, 0.2) is 58.4 Å². The summed E-state index contributed by atoms with van der Waals surface area (Å²) >= 11 is 0. The minimum atomic E-state index is -4.14. The molecule has 0 aromatic heterocycles. The molecule has 0 spiro atoms. The van der Waals surface area contributed by atoms with Gasteiger partial charge in [0.2, 0.25) is 11.9 Å².